The second-order valence-electron chi connectivity index (χ2n) is 4.62. The van der Waals surface area contributed by atoms with Crippen LogP contribution in [0.25, 0.3) is 10.9 Å². The van der Waals surface area contributed by atoms with Crippen molar-refractivity contribution in [2.24, 2.45) is 0 Å². The fourth-order valence-electron chi connectivity index (χ4n) is 2.04. The van der Waals surface area contributed by atoms with Crippen LogP contribution in [-0.4, -0.2) is 4.98 Å². The number of rotatable bonds is 3. The number of hydrogen-bond acceptors (Lipinski definition) is 3. The summed E-state index contributed by atoms with van der Waals surface area (Å²) < 4.78 is 19.4. The van der Waals surface area contributed by atoms with Crippen molar-refractivity contribution in [3.8, 4) is 5.75 Å². The first-order valence-corrected chi connectivity index (χ1v) is 7.14. The Labute approximate surface area is 129 Å². The number of hydrogen-bond donors (Lipinski definition) is 1. The molecule has 0 spiro atoms. The number of nitrogen functional groups attached to an aromatic ring is 1. The SMILES string of the molecule is Nc1cc(Br)c(F)cc1OCc1ccc2ncccc2c1. The van der Waals surface area contributed by atoms with Gasteiger partial charge in [-0.1, -0.05) is 12.1 Å². The van der Waals surface area contributed by atoms with Crippen LogP contribution in [0.2, 0.25) is 0 Å². The van der Waals surface area contributed by atoms with E-state index in [1.807, 2.05) is 30.3 Å². The minimum atomic E-state index is -0.401. The Hall–Kier alpha value is -2.14. The Kier molecular flexibility index (Phi) is 3.75. The maximum absolute atomic E-state index is 13.5. The molecule has 0 unspecified atom stereocenters. The summed E-state index contributed by atoms with van der Waals surface area (Å²) in [5, 5.41) is 1.04. The van der Waals surface area contributed by atoms with Crippen LogP contribution in [0.4, 0.5) is 10.1 Å². The third kappa shape index (κ3) is 2.97. The Morgan fingerprint density at radius 3 is 2.90 bits per heavy atom. The van der Waals surface area contributed by atoms with E-state index in [1.165, 1.54) is 12.1 Å². The predicted octanol–water partition coefficient (Wildman–Crippen LogP) is 4.30. The molecule has 0 aliphatic carbocycles. The van der Waals surface area contributed by atoms with E-state index in [2.05, 4.69) is 20.9 Å². The molecule has 0 radical (unpaired) electrons. The average Bonchev–Trinajstić information content (AvgIpc) is 2.49. The van der Waals surface area contributed by atoms with Gasteiger partial charge in [-0.3, -0.25) is 4.98 Å². The Balaban J connectivity index is 1.81. The highest BCUT2D eigenvalue weighted by molar-refractivity contribution is 9.10. The molecule has 1 heterocycles. The molecule has 3 rings (SSSR count). The normalized spacial score (nSPS) is 10.8. The molecule has 3 aromatic rings. The van der Waals surface area contributed by atoms with Gasteiger partial charge < -0.3 is 10.5 Å². The number of ether oxygens (including phenoxy) is 1. The van der Waals surface area contributed by atoms with Gasteiger partial charge in [0.15, 0.2) is 0 Å². The predicted molar refractivity (Wildman–Crippen MR) is 84.6 cm³/mol. The van der Waals surface area contributed by atoms with E-state index in [0.29, 0.717) is 22.5 Å². The number of fused-ring (bicyclic) bond motifs is 1. The van der Waals surface area contributed by atoms with Crippen LogP contribution in [-0.2, 0) is 6.61 Å². The van der Waals surface area contributed by atoms with Gasteiger partial charge in [0.2, 0.25) is 0 Å². The monoisotopic (exact) mass is 346 g/mol. The molecule has 0 aliphatic heterocycles. The smallest absolute Gasteiger partial charge is 0.145 e. The van der Waals surface area contributed by atoms with Crippen molar-refractivity contribution in [2.45, 2.75) is 6.61 Å². The average molecular weight is 347 g/mol. The molecule has 0 atom stereocenters. The van der Waals surface area contributed by atoms with Crippen LogP contribution in [0.1, 0.15) is 5.56 Å². The molecule has 0 amide bonds. The highest BCUT2D eigenvalue weighted by Gasteiger charge is 2.07. The molecule has 0 bridgehead atoms. The van der Waals surface area contributed by atoms with Gasteiger partial charge in [0.1, 0.15) is 18.2 Å². The van der Waals surface area contributed by atoms with Gasteiger partial charge in [-0.2, -0.15) is 0 Å². The van der Waals surface area contributed by atoms with E-state index in [0.717, 1.165) is 16.5 Å². The molecular weight excluding hydrogens is 335 g/mol. The second kappa shape index (κ2) is 5.69. The van der Waals surface area contributed by atoms with Crippen LogP contribution in [0.15, 0.2) is 53.1 Å². The van der Waals surface area contributed by atoms with E-state index in [4.69, 9.17) is 10.5 Å². The lowest BCUT2D eigenvalue weighted by atomic mass is 10.1. The lowest BCUT2D eigenvalue weighted by Crippen LogP contribution is -2.00. The van der Waals surface area contributed by atoms with Crippen molar-refractivity contribution in [2.75, 3.05) is 5.73 Å². The minimum Gasteiger partial charge on any atom is -0.487 e. The Morgan fingerprint density at radius 2 is 2.05 bits per heavy atom. The molecule has 106 valence electrons. The molecule has 0 saturated heterocycles. The van der Waals surface area contributed by atoms with Crippen molar-refractivity contribution in [1.29, 1.82) is 0 Å². The summed E-state index contributed by atoms with van der Waals surface area (Å²) in [5.41, 5.74) is 8.10. The lowest BCUT2D eigenvalue weighted by Gasteiger charge is -2.10. The molecule has 0 aliphatic rings. The number of benzene rings is 2. The Morgan fingerprint density at radius 1 is 1.19 bits per heavy atom. The highest BCUT2D eigenvalue weighted by atomic mass is 79.9. The van der Waals surface area contributed by atoms with Gasteiger partial charge in [-0.25, -0.2) is 4.39 Å². The number of nitrogens with zero attached hydrogens (tertiary/aromatic N) is 1. The molecule has 3 nitrogen and oxygen atoms in total. The fraction of sp³-hybridized carbons (Fsp3) is 0.0625. The van der Waals surface area contributed by atoms with E-state index >= 15 is 0 Å². The zero-order chi connectivity index (χ0) is 14.8. The summed E-state index contributed by atoms with van der Waals surface area (Å²) in [6, 6.07) is 12.5. The summed E-state index contributed by atoms with van der Waals surface area (Å²) in [6.07, 6.45) is 1.75. The molecular formula is C16H12BrFN2O. The third-order valence-electron chi connectivity index (χ3n) is 3.11. The quantitative estimate of drug-likeness (QED) is 0.719. The van der Waals surface area contributed by atoms with Crippen molar-refractivity contribution >= 4 is 32.5 Å². The zero-order valence-electron chi connectivity index (χ0n) is 11.0. The van der Waals surface area contributed by atoms with Crippen LogP contribution in [0, 0.1) is 5.82 Å². The van der Waals surface area contributed by atoms with Gasteiger partial charge in [0.25, 0.3) is 0 Å². The zero-order valence-corrected chi connectivity index (χ0v) is 12.6. The maximum atomic E-state index is 13.5. The van der Waals surface area contributed by atoms with Crippen molar-refractivity contribution in [1.82, 2.24) is 4.98 Å². The van der Waals surface area contributed by atoms with Crippen LogP contribution < -0.4 is 10.5 Å². The van der Waals surface area contributed by atoms with Crippen molar-refractivity contribution in [3.63, 3.8) is 0 Å². The summed E-state index contributed by atoms with van der Waals surface area (Å²) >= 11 is 3.09. The maximum Gasteiger partial charge on any atom is 0.145 e. The van der Waals surface area contributed by atoms with E-state index < -0.39 is 5.82 Å². The fourth-order valence-corrected chi connectivity index (χ4v) is 2.41. The van der Waals surface area contributed by atoms with Gasteiger partial charge in [0, 0.05) is 17.6 Å². The Bertz CT molecular complexity index is 807. The van der Waals surface area contributed by atoms with Crippen molar-refractivity contribution in [3.05, 3.63) is 64.5 Å². The number of nitrogens with two attached hydrogens (primary N) is 1. The third-order valence-corrected chi connectivity index (χ3v) is 3.72. The number of pyridine rings is 1. The topological polar surface area (TPSA) is 48.1 Å². The first-order chi connectivity index (χ1) is 10.1. The number of halogens is 2. The van der Waals surface area contributed by atoms with Gasteiger partial charge in [-0.05, 0) is 45.8 Å². The lowest BCUT2D eigenvalue weighted by molar-refractivity contribution is 0.306. The molecule has 2 aromatic carbocycles. The summed E-state index contributed by atoms with van der Waals surface area (Å²) in [4.78, 5) is 4.26. The molecule has 0 saturated carbocycles. The number of anilines is 1. The van der Waals surface area contributed by atoms with Gasteiger partial charge >= 0.3 is 0 Å². The van der Waals surface area contributed by atoms with Gasteiger partial charge in [-0.15, -0.1) is 0 Å². The van der Waals surface area contributed by atoms with Gasteiger partial charge in [0.05, 0.1) is 15.7 Å². The second-order valence-corrected chi connectivity index (χ2v) is 5.48. The van der Waals surface area contributed by atoms with E-state index in [1.54, 1.807) is 6.20 Å². The summed E-state index contributed by atoms with van der Waals surface area (Å²) in [6.45, 7) is 0.316. The standard InChI is InChI=1S/C16H12BrFN2O/c17-12-7-14(19)16(8-13(12)18)21-9-10-3-4-15-11(6-10)2-1-5-20-15/h1-8H,9,19H2. The molecule has 1 aromatic heterocycles. The van der Waals surface area contributed by atoms with Crippen molar-refractivity contribution < 1.29 is 9.13 Å². The minimum absolute atomic E-state index is 0.316. The largest absolute Gasteiger partial charge is 0.487 e. The van der Waals surface area contributed by atoms with Crippen LogP contribution in [0.5, 0.6) is 5.75 Å². The van der Waals surface area contributed by atoms with E-state index in [9.17, 15) is 4.39 Å². The summed E-state index contributed by atoms with van der Waals surface area (Å²) in [5.74, 6) is -0.0658. The molecule has 2 N–H and O–H groups in total. The molecule has 21 heavy (non-hydrogen) atoms. The summed E-state index contributed by atoms with van der Waals surface area (Å²) in [7, 11) is 0. The van der Waals surface area contributed by atoms with E-state index in [-0.39, 0.29) is 0 Å². The molecule has 0 fully saturated rings. The van der Waals surface area contributed by atoms with Crippen LogP contribution in [0.3, 0.4) is 0 Å². The first-order valence-electron chi connectivity index (χ1n) is 6.34. The highest BCUT2D eigenvalue weighted by Crippen LogP contribution is 2.29. The number of aromatic nitrogens is 1. The first kappa shape index (κ1) is 13.8. The molecule has 5 heteroatoms. The van der Waals surface area contributed by atoms with Crippen LogP contribution >= 0.6 is 15.9 Å².